The molecule has 1 rings (SSSR count). The molecule has 0 aromatic heterocycles. The van der Waals surface area contributed by atoms with Crippen LogP contribution in [0.15, 0.2) is 30.3 Å². The Hall–Kier alpha value is -1.35. The maximum atomic E-state index is 11.9. The van der Waals surface area contributed by atoms with Crippen LogP contribution >= 0.6 is 11.6 Å². The maximum absolute atomic E-state index is 11.9. The van der Waals surface area contributed by atoms with E-state index in [-0.39, 0.29) is 6.61 Å². The molecule has 0 amide bonds. The Morgan fingerprint density at radius 1 is 1.31 bits per heavy atom. The lowest BCUT2D eigenvalue weighted by Crippen LogP contribution is -2.39. The third-order valence-corrected chi connectivity index (χ3v) is 2.45. The highest BCUT2D eigenvalue weighted by atomic mass is 35.5. The molecule has 0 spiro atoms. The lowest BCUT2D eigenvalue weighted by Gasteiger charge is -2.18. The standard InChI is InChI=1S/C12H13ClO3/c1-3-16-11(15)12(2,13)10(14)9-7-5-4-6-8-9/h4-8H,3H2,1-2H3/t12-/m0/s1. The number of halogens is 1. The smallest absolute Gasteiger partial charge is 0.335 e. The van der Waals surface area contributed by atoms with Crippen molar-refractivity contribution in [3.63, 3.8) is 0 Å². The summed E-state index contributed by atoms with van der Waals surface area (Å²) in [6, 6.07) is 8.44. The Morgan fingerprint density at radius 2 is 1.88 bits per heavy atom. The summed E-state index contributed by atoms with van der Waals surface area (Å²) < 4.78 is 4.76. The molecule has 0 saturated carbocycles. The quantitative estimate of drug-likeness (QED) is 0.351. The number of carbonyl (C=O) groups excluding carboxylic acids is 2. The second kappa shape index (κ2) is 5.12. The van der Waals surface area contributed by atoms with Gasteiger partial charge >= 0.3 is 5.97 Å². The molecule has 0 N–H and O–H groups in total. The number of alkyl halides is 1. The molecule has 0 heterocycles. The fourth-order valence-corrected chi connectivity index (χ4v) is 1.38. The van der Waals surface area contributed by atoms with E-state index in [1.165, 1.54) is 6.92 Å². The maximum Gasteiger partial charge on any atom is 0.335 e. The van der Waals surface area contributed by atoms with Crippen LogP contribution in [0.4, 0.5) is 0 Å². The Labute approximate surface area is 99.4 Å². The molecule has 1 atom stereocenters. The largest absolute Gasteiger partial charge is 0.464 e. The van der Waals surface area contributed by atoms with Crippen molar-refractivity contribution in [1.29, 1.82) is 0 Å². The number of esters is 1. The summed E-state index contributed by atoms with van der Waals surface area (Å²) in [6.45, 7) is 3.21. The third-order valence-electron chi connectivity index (χ3n) is 2.12. The SMILES string of the molecule is CCOC(=O)[C@@](C)(Cl)C(=O)c1ccccc1. The number of Topliss-reactive ketones (excluding diaryl/α,β-unsaturated/α-hetero) is 1. The molecule has 0 aliphatic heterocycles. The van der Waals surface area contributed by atoms with Gasteiger partial charge in [-0.2, -0.15) is 0 Å². The minimum atomic E-state index is -1.66. The monoisotopic (exact) mass is 240 g/mol. The first kappa shape index (κ1) is 12.7. The molecule has 86 valence electrons. The Morgan fingerprint density at radius 3 is 2.38 bits per heavy atom. The van der Waals surface area contributed by atoms with Crippen LogP contribution in [0.25, 0.3) is 0 Å². The molecule has 0 fully saturated rings. The Bertz CT molecular complexity index is 385. The van der Waals surface area contributed by atoms with Gasteiger partial charge in [0.15, 0.2) is 5.78 Å². The van der Waals surface area contributed by atoms with Crippen molar-refractivity contribution in [1.82, 2.24) is 0 Å². The van der Waals surface area contributed by atoms with Gasteiger partial charge in [0.05, 0.1) is 6.61 Å². The summed E-state index contributed by atoms with van der Waals surface area (Å²) in [5, 5.41) is 0. The van der Waals surface area contributed by atoms with Crippen LogP contribution in [0.1, 0.15) is 24.2 Å². The molecular weight excluding hydrogens is 228 g/mol. The van der Waals surface area contributed by atoms with Gasteiger partial charge < -0.3 is 4.74 Å². The van der Waals surface area contributed by atoms with Gasteiger partial charge in [0.2, 0.25) is 4.87 Å². The summed E-state index contributed by atoms with van der Waals surface area (Å²) >= 11 is 5.93. The van der Waals surface area contributed by atoms with Crippen LogP contribution in [0, 0.1) is 0 Å². The molecule has 0 aliphatic carbocycles. The van der Waals surface area contributed by atoms with E-state index in [9.17, 15) is 9.59 Å². The summed E-state index contributed by atoms with van der Waals surface area (Å²) in [7, 11) is 0. The van der Waals surface area contributed by atoms with E-state index in [1.54, 1.807) is 37.3 Å². The van der Waals surface area contributed by atoms with Gasteiger partial charge in [0, 0.05) is 5.56 Å². The average molecular weight is 241 g/mol. The molecule has 4 heteroatoms. The van der Waals surface area contributed by atoms with Crippen LogP contribution in [-0.4, -0.2) is 23.2 Å². The van der Waals surface area contributed by atoms with Gasteiger partial charge in [-0.25, -0.2) is 4.79 Å². The Balaban J connectivity index is 2.92. The van der Waals surface area contributed by atoms with Crippen LogP contribution in [0.3, 0.4) is 0 Å². The van der Waals surface area contributed by atoms with Gasteiger partial charge in [0.1, 0.15) is 0 Å². The van der Waals surface area contributed by atoms with E-state index in [0.29, 0.717) is 5.56 Å². The van der Waals surface area contributed by atoms with Crippen molar-refractivity contribution in [2.75, 3.05) is 6.61 Å². The molecule has 1 aromatic carbocycles. The molecule has 0 aliphatic rings. The number of hydrogen-bond donors (Lipinski definition) is 0. The van der Waals surface area contributed by atoms with Crippen molar-refractivity contribution in [3.8, 4) is 0 Å². The first-order valence-corrected chi connectivity index (χ1v) is 5.34. The molecule has 0 unspecified atom stereocenters. The summed E-state index contributed by atoms with van der Waals surface area (Å²) in [6.07, 6.45) is 0. The highest BCUT2D eigenvalue weighted by Gasteiger charge is 2.40. The number of benzene rings is 1. The van der Waals surface area contributed by atoms with E-state index < -0.39 is 16.6 Å². The minimum Gasteiger partial charge on any atom is -0.464 e. The van der Waals surface area contributed by atoms with Crippen molar-refractivity contribution in [2.24, 2.45) is 0 Å². The van der Waals surface area contributed by atoms with E-state index in [4.69, 9.17) is 16.3 Å². The first-order chi connectivity index (χ1) is 7.50. The molecule has 0 saturated heterocycles. The zero-order valence-corrected chi connectivity index (χ0v) is 9.95. The van der Waals surface area contributed by atoms with Crippen molar-refractivity contribution in [2.45, 2.75) is 18.7 Å². The summed E-state index contributed by atoms with van der Waals surface area (Å²) in [4.78, 5) is 21.8. The zero-order valence-electron chi connectivity index (χ0n) is 9.20. The predicted molar refractivity (Wildman–Crippen MR) is 61.7 cm³/mol. The second-order valence-corrected chi connectivity index (χ2v) is 4.17. The fraction of sp³-hybridized carbons (Fsp3) is 0.333. The van der Waals surface area contributed by atoms with Crippen LogP contribution in [-0.2, 0) is 9.53 Å². The number of hydrogen-bond acceptors (Lipinski definition) is 3. The molecule has 1 aromatic rings. The van der Waals surface area contributed by atoms with Crippen LogP contribution in [0.5, 0.6) is 0 Å². The lowest BCUT2D eigenvalue weighted by atomic mass is 9.99. The Kier molecular flexibility index (Phi) is 4.07. The van der Waals surface area contributed by atoms with E-state index in [1.807, 2.05) is 0 Å². The van der Waals surface area contributed by atoms with E-state index >= 15 is 0 Å². The number of rotatable bonds is 4. The van der Waals surface area contributed by atoms with E-state index in [0.717, 1.165) is 0 Å². The third kappa shape index (κ3) is 2.61. The average Bonchev–Trinajstić information content (AvgIpc) is 2.29. The molecule has 0 radical (unpaired) electrons. The summed E-state index contributed by atoms with van der Waals surface area (Å²) in [5.41, 5.74) is 0.396. The summed E-state index contributed by atoms with van der Waals surface area (Å²) in [5.74, 6) is -1.17. The van der Waals surface area contributed by atoms with Crippen molar-refractivity contribution in [3.05, 3.63) is 35.9 Å². The fourth-order valence-electron chi connectivity index (χ4n) is 1.22. The normalized spacial score (nSPS) is 13.9. The topological polar surface area (TPSA) is 43.4 Å². The predicted octanol–water partition coefficient (Wildman–Crippen LogP) is 2.43. The zero-order chi connectivity index (χ0) is 12.2. The number of ketones is 1. The highest BCUT2D eigenvalue weighted by Crippen LogP contribution is 2.22. The van der Waals surface area contributed by atoms with Crippen molar-refractivity contribution >= 4 is 23.4 Å². The van der Waals surface area contributed by atoms with Crippen LogP contribution in [0.2, 0.25) is 0 Å². The first-order valence-electron chi connectivity index (χ1n) is 4.96. The molecule has 0 bridgehead atoms. The van der Waals surface area contributed by atoms with Gasteiger partial charge in [-0.1, -0.05) is 41.9 Å². The number of carbonyl (C=O) groups is 2. The molecule has 3 nitrogen and oxygen atoms in total. The van der Waals surface area contributed by atoms with Gasteiger partial charge in [-0.15, -0.1) is 0 Å². The molecule has 16 heavy (non-hydrogen) atoms. The second-order valence-electron chi connectivity index (χ2n) is 3.42. The molecular formula is C12H13ClO3. The van der Waals surface area contributed by atoms with Crippen LogP contribution < -0.4 is 0 Å². The van der Waals surface area contributed by atoms with Crippen molar-refractivity contribution < 1.29 is 14.3 Å². The minimum absolute atomic E-state index is 0.198. The van der Waals surface area contributed by atoms with Gasteiger partial charge in [-0.05, 0) is 13.8 Å². The lowest BCUT2D eigenvalue weighted by molar-refractivity contribution is -0.144. The van der Waals surface area contributed by atoms with E-state index in [2.05, 4.69) is 0 Å². The van der Waals surface area contributed by atoms with Gasteiger partial charge in [0.25, 0.3) is 0 Å². The highest BCUT2D eigenvalue weighted by molar-refractivity contribution is 6.47. The van der Waals surface area contributed by atoms with Gasteiger partial charge in [-0.3, -0.25) is 4.79 Å². The number of ether oxygens (including phenoxy) is 1.